The van der Waals surface area contributed by atoms with Gasteiger partial charge in [0.15, 0.2) is 0 Å². The van der Waals surface area contributed by atoms with E-state index >= 15 is 0 Å². The van der Waals surface area contributed by atoms with Crippen LogP contribution in [0.2, 0.25) is 0 Å². The zero-order valence-corrected chi connectivity index (χ0v) is 15.6. The Balaban J connectivity index is 1.51. The third-order valence-corrected chi connectivity index (χ3v) is 5.56. The monoisotopic (exact) mass is 368 g/mol. The van der Waals surface area contributed by atoms with Gasteiger partial charge >= 0.3 is 0 Å². The highest BCUT2D eigenvalue weighted by Gasteiger charge is 2.54. The number of amides is 1. The Morgan fingerprint density at radius 1 is 1.30 bits per heavy atom. The zero-order valence-electron chi connectivity index (χ0n) is 15.6. The number of likely N-dealkylation sites (tertiary alicyclic amines) is 1. The van der Waals surface area contributed by atoms with Gasteiger partial charge in [0.2, 0.25) is 5.95 Å². The maximum absolute atomic E-state index is 12.9. The molecule has 3 heterocycles. The smallest absolute Gasteiger partial charge is 0.257 e. The highest BCUT2D eigenvalue weighted by Crippen LogP contribution is 2.43. The molecule has 0 aliphatic carbocycles. The molecule has 1 amide bonds. The van der Waals surface area contributed by atoms with E-state index in [0.717, 1.165) is 6.42 Å². The number of carbonyl (C=O) groups is 1. The molecule has 1 spiro atoms. The van der Waals surface area contributed by atoms with Crippen molar-refractivity contribution in [2.24, 2.45) is 0 Å². The van der Waals surface area contributed by atoms with Gasteiger partial charge in [-0.1, -0.05) is 30.3 Å². The zero-order chi connectivity index (χ0) is 18.9. The first-order valence-electron chi connectivity index (χ1n) is 9.16. The van der Waals surface area contributed by atoms with Crippen LogP contribution >= 0.6 is 0 Å². The van der Waals surface area contributed by atoms with Gasteiger partial charge in [0, 0.05) is 32.5 Å². The minimum Gasteiger partial charge on any atom is -0.377 e. The molecule has 2 saturated heterocycles. The number of carbonyl (C=O) groups excluding carboxylic acids is 1. The number of nitrogens with zero attached hydrogens (tertiary/aromatic N) is 3. The third kappa shape index (κ3) is 3.28. The molecule has 3 atom stereocenters. The van der Waals surface area contributed by atoms with E-state index < -0.39 is 5.60 Å². The van der Waals surface area contributed by atoms with Crippen molar-refractivity contribution in [3.63, 3.8) is 0 Å². The molecule has 0 unspecified atom stereocenters. The molecule has 142 valence electrons. The van der Waals surface area contributed by atoms with E-state index in [9.17, 15) is 4.79 Å². The lowest BCUT2D eigenvalue weighted by Gasteiger charge is -2.28. The van der Waals surface area contributed by atoms with Crippen LogP contribution in [-0.4, -0.2) is 66.3 Å². The van der Waals surface area contributed by atoms with Crippen LogP contribution in [0.4, 0.5) is 5.95 Å². The Morgan fingerprint density at radius 3 is 2.70 bits per heavy atom. The summed E-state index contributed by atoms with van der Waals surface area (Å²) in [5.74, 6) is 0.713. The summed E-state index contributed by atoms with van der Waals surface area (Å²) in [6.45, 7) is 1.66. The Kier molecular flexibility index (Phi) is 4.80. The molecule has 0 radical (unpaired) electrons. The molecule has 1 aromatic heterocycles. The number of ether oxygens (including phenoxy) is 2. The van der Waals surface area contributed by atoms with Crippen molar-refractivity contribution in [1.29, 1.82) is 0 Å². The van der Waals surface area contributed by atoms with Gasteiger partial charge in [0.05, 0.1) is 25.3 Å². The number of benzene rings is 1. The number of anilines is 1. The quantitative estimate of drug-likeness (QED) is 0.889. The maximum Gasteiger partial charge on any atom is 0.257 e. The van der Waals surface area contributed by atoms with Crippen molar-refractivity contribution in [1.82, 2.24) is 14.9 Å². The summed E-state index contributed by atoms with van der Waals surface area (Å²) in [5, 5.41) is 2.85. The van der Waals surface area contributed by atoms with Crippen LogP contribution < -0.4 is 5.32 Å². The van der Waals surface area contributed by atoms with E-state index in [-0.39, 0.29) is 12.0 Å². The van der Waals surface area contributed by atoms with Crippen LogP contribution in [-0.2, 0) is 9.47 Å². The first-order chi connectivity index (χ1) is 13.1. The first kappa shape index (κ1) is 17.9. The molecule has 7 nitrogen and oxygen atoms in total. The van der Waals surface area contributed by atoms with Crippen LogP contribution in [0.25, 0.3) is 0 Å². The summed E-state index contributed by atoms with van der Waals surface area (Å²) < 4.78 is 12.0. The predicted octanol–water partition coefficient (Wildman–Crippen LogP) is 1.93. The Bertz CT molecular complexity index is 799. The largest absolute Gasteiger partial charge is 0.377 e. The van der Waals surface area contributed by atoms with Gasteiger partial charge in [-0.2, -0.15) is 0 Å². The van der Waals surface area contributed by atoms with Gasteiger partial charge in [0.25, 0.3) is 5.91 Å². The highest BCUT2D eigenvalue weighted by molar-refractivity contribution is 5.94. The summed E-state index contributed by atoms with van der Waals surface area (Å²) in [7, 11) is 3.43. The van der Waals surface area contributed by atoms with Crippen molar-refractivity contribution in [3.05, 3.63) is 53.9 Å². The topological polar surface area (TPSA) is 76.6 Å². The number of rotatable bonds is 4. The number of methoxy groups -OCH3 is 1. The Morgan fingerprint density at radius 2 is 2.04 bits per heavy atom. The second-order valence-electron chi connectivity index (χ2n) is 7.14. The normalized spacial score (nSPS) is 27.3. The number of aromatic nitrogens is 2. The van der Waals surface area contributed by atoms with Crippen LogP contribution in [0, 0.1) is 0 Å². The Hall–Kier alpha value is -2.51. The van der Waals surface area contributed by atoms with Crippen molar-refractivity contribution in [3.8, 4) is 0 Å². The number of nitrogens with one attached hydrogen (secondary N) is 1. The molecular formula is C20H24N4O3. The van der Waals surface area contributed by atoms with Gasteiger partial charge in [0.1, 0.15) is 11.7 Å². The van der Waals surface area contributed by atoms with Gasteiger partial charge in [-0.3, -0.25) is 4.79 Å². The van der Waals surface area contributed by atoms with E-state index in [2.05, 4.69) is 27.4 Å². The molecule has 2 aliphatic heterocycles. The van der Waals surface area contributed by atoms with E-state index in [1.165, 1.54) is 5.56 Å². The van der Waals surface area contributed by atoms with Crippen LogP contribution in [0.3, 0.4) is 0 Å². The average Bonchev–Trinajstić information content (AvgIpc) is 3.32. The van der Waals surface area contributed by atoms with Crippen molar-refractivity contribution >= 4 is 11.9 Å². The SMILES string of the molecule is CNc1ncc(C(=O)N2C[C@@H](OC)[C@@]3(C[C@@H](c4ccccc4)CO3)C2)cn1. The van der Waals surface area contributed by atoms with Crippen LogP contribution in [0.5, 0.6) is 0 Å². The summed E-state index contributed by atoms with van der Waals surface area (Å²) in [5.41, 5.74) is 1.28. The fraction of sp³-hybridized carbons (Fsp3) is 0.450. The lowest BCUT2D eigenvalue weighted by atomic mass is 9.87. The Labute approximate surface area is 158 Å². The van der Waals surface area contributed by atoms with Gasteiger partial charge in [-0.05, 0) is 12.0 Å². The van der Waals surface area contributed by atoms with Gasteiger partial charge in [-0.15, -0.1) is 0 Å². The van der Waals surface area contributed by atoms with Crippen molar-refractivity contribution in [2.75, 3.05) is 39.2 Å². The molecule has 1 N–H and O–H groups in total. The van der Waals surface area contributed by atoms with E-state index in [0.29, 0.717) is 37.1 Å². The molecule has 7 heteroatoms. The highest BCUT2D eigenvalue weighted by atomic mass is 16.6. The first-order valence-corrected chi connectivity index (χ1v) is 9.16. The molecule has 0 bridgehead atoms. The standard InChI is InChI=1S/C20H24N4O3/c1-21-19-22-9-16(10-23-19)18(25)24-11-17(26-2)20(13-24)8-15(12-27-20)14-6-4-3-5-7-14/h3-7,9-10,15,17H,8,11-13H2,1-2H3,(H,21,22,23)/t15-,17-,20-/m1/s1. The summed E-state index contributed by atoms with van der Waals surface area (Å²) in [6, 6.07) is 10.4. The number of hydrogen-bond donors (Lipinski definition) is 1. The second-order valence-corrected chi connectivity index (χ2v) is 7.14. The van der Waals surface area contributed by atoms with Crippen LogP contribution in [0.15, 0.2) is 42.7 Å². The van der Waals surface area contributed by atoms with E-state index in [4.69, 9.17) is 9.47 Å². The van der Waals surface area contributed by atoms with Crippen molar-refractivity contribution < 1.29 is 14.3 Å². The minimum absolute atomic E-state index is 0.0941. The molecule has 2 aromatic rings. The summed E-state index contributed by atoms with van der Waals surface area (Å²) >= 11 is 0. The third-order valence-electron chi connectivity index (χ3n) is 5.56. The van der Waals surface area contributed by atoms with E-state index in [1.54, 1.807) is 31.5 Å². The minimum atomic E-state index is -0.462. The summed E-state index contributed by atoms with van der Waals surface area (Å²) in [4.78, 5) is 23.0. The van der Waals surface area contributed by atoms with Crippen molar-refractivity contribution in [2.45, 2.75) is 24.0 Å². The van der Waals surface area contributed by atoms with Gasteiger partial charge in [-0.25, -0.2) is 9.97 Å². The molecule has 2 fully saturated rings. The lowest BCUT2D eigenvalue weighted by Crippen LogP contribution is -2.42. The molecular weight excluding hydrogens is 344 g/mol. The predicted molar refractivity (Wildman–Crippen MR) is 101 cm³/mol. The molecule has 27 heavy (non-hydrogen) atoms. The molecule has 2 aliphatic rings. The molecule has 0 saturated carbocycles. The second kappa shape index (κ2) is 7.25. The lowest BCUT2D eigenvalue weighted by molar-refractivity contribution is -0.0755. The fourth-order valence-corrected chi connectivity index (χ4v) is 4.13. The average molecular weight is 368 g/mol. The van der Waals surface area contributed by atoms with Crippen LogP contribution in [0.1, 0.15) is 28.3 Å². The summed E-state index contributed by atoms with van der Waals surface area (Å²) in [6.07, 6.45) is 3.80. The van der Waals surface area contributed by atoms with E-state index in [1.807, 2.05) is 18.2 Å². The molecule has 1 aromatic carbocycles. The maximum atomic E-state index is 12.9. The number of hydrogen-bond acceptors (Lipinski definition) is 6. The van der Waals surface area contributed by atoms with Gasteiger partial charge < -0.3 is 19.7 Å². The fourth-order valence-electron chi connectivity index (χ4n) is 4.13. The molecule has 4 rings (SSSR count).